The van der Waals surface area contributed by atoms with Gasteiger partial charge >= 0.3 is 5.97 Å². The van der Waals surface area contributed by atoms with E-state index in [4.69, 9.17) is 15.2 Å². The molecule has 3 aromatic carbocycles. The number of carbonyl (C=O) groups is 1. The number of hydrogen-bond acceptors (Lipinski definition) is 7. The fraction of sp³-hybridized carbons (Fsp3) is 0.273. The van der Waals surface area contributed by atoms with Crippen LogP contribution in [-0.2, 0) is 17.8 Å². The number of esters is 1. The van der Waals surface area contributed by atoms with Crippen molar-refractivity contribution in [1.29, 1.82) is 0 Å². The van der Waals surface area contributed by atoms with E-state index in [-0.39, 0.29) is 11.8 Å². The molecule has 1 saturated carbocycles. The standard InChI is InChI=1S/C33H35N5O3/c1-35-19-30(34)27-17-28(27)32-29(33(39)40-2)18-36-38(32)26-11-6-10-24(16-26)23-9-5-7-22(15-23)20-37-13-14-41-31-12-4-3-8-25(31)21-37/h3-12,15-16,18-19,27-28,35H,13-14,17,20-21,34H2,1-2H3/b30-19-/t27?,28-/m1/s1. The van der Waals surface area contributed by atoms with Gasteiger partial charge in [0.05, 0.1) is 24.7 Å². The van der Waals surface area contributed by atoms with Crippen LogP contribution in [0.5, 0.6) is 5.75 Å². The van der Waals surface area contributed by atoms with Gasteiger partial charge in [-0.05, 0) is 47.4 Å². The van der Waals surface area contributed by atoms with Gasteiger partial charge in [-0.2, -0.15) is 5.10 Å². The van der Waals surface area contributed by atoms with Gasteiger partial charge in [-0.25, -0.2) is 9.48 Å². The van der Waals surface area contributed by atoms with Crippen molar-refractivity contribution in [2.45, 2.75) is 25.4 Å². The smallest absolute Gasteiger partial charge is 0.341 e. The monoisotopic (exact) mass is 549 g/mol. The summed E-state index contributed by atoms with van der Waals surface area (Å²) in [5, 5.41) is 7.64. The topological polar surface area (TPSA) is 94.6 Å². The molecule has 41 heavy (non-hydrogen) atoms. The second kappa shape index (κ2) is 11.5. The van der Waals surface area contributed by atoms with Crippen molar-refractivity contribution in [3.05, 3.63) is 113 Å². The first-order valence-corrected chi connectivity index (χ1v) is 14.0. The van der Waals surface area contributed by atoms with Gasteiger partial charge in [-0.1, -0.05) is 48.5 Å². The largest absolute Gasteiger partial charge is 0.492 e. The molecular weight excluding hydrogens is 514 g/mol. The fourth-order valence-corrected chi connectivity index (χ4v) is 5.77. The number of ether oxygens (including phenoxy) is 2. The van der Waals surface area contributed by atoms with E-state index < -0.39 is 5.97 Å². The van der Waals surface area contributed by atoms with E-state index in [1.165, 1.54) is 18.2 Å². The summed E-state index contributed by atoms with van der Waals surface area (Å²) < 4.78 is 12.9. The van der Waals surface area contributed by atoms with E-state index in [1.54, 1.807) is 6.20 Å². The molecule has 4 aromatic rings. The molecule has 1 aliphatic heterocycles. The van der Waals surface area contributed by atoms with Crippen molar-refractivity contribution in [1.82, 2.24) is 20.0 Å². The van der Waals surface area contributed by atoms with Gasteiger partial charge in [0.1, 0.15) is 17.9 Å². The quantitative estimate of drug-likeness (QED) is 0.304. The van der Waals surface area contributed by atoms with Crippen molar-refractivity contribution < 1.29 is 14.3 Å². The zero-order chi connectivity index (χ0) is 28.3. The number of nitrogens with zero attached hydrogens (tertiary/aromatic N) is 3. The number of fused-ring (bicyclic) bond motifs is 1. The molecule has 2 heterocycles. The van der Waals surface area contributed by atoms with Gasteiger partial charge in [0.2, 0.25) is 0 Å². The lowest BCUT2D eigenvalue weighted by Gasteiger charge is -2.20. The van der Waals surface area contributed by atoms with Crippen molar-refractivity contribution in [2.24, 2.45) is 11.7 Å². The lowest BCUT2D eigenvalue weighted by atomic mass is 10.0. The number of benzene rings is 3. The zero-order valence-corrected chi connectivity index (χ0v) is 23.4. The van der Waals surface area contributed by atoms with E-state index in [0.29, 0.717) is 12.2 Å². The first-order chi connectivity index (χ1) is 20.1. The average molecular weight is 550 g/mol. The summed E-state index contributed by atoms with van der Waals surface area (Å²) in [6, 6.07) is 25.2. The van der Waals surface area contributed by atoms with Crippen LogP contribution >= 0.6 is 0 Å². The van der Waals surface area contributed by atoms with Gasteiger partial charge in [-0.3, -0.25) is 4.90 Å². The van der Waals surface area contributed by atoms with Crippen LogP contribution in [0.15, 0.2) is 90.9 Å². The van der Waals surface area contributed by atoms with E-state index in [1.807, 2.05) is 42.2 Å². The van der Waals surface area contributed by atoms with Crippen molar-refractivity contribution in [3.63, 3.8) is 0 Å². The minimum Gasteiger partial charge on any atom is -0.492 e. The molecule has 1 aliphatic carbocycles. The Morgan fingerprint density at radius 2 is 1.93 bits per heavy atom. The van der Waals surface area contributed by atoms with Gasteiger partial charge < -0.3 is 20.5 Å². The highest BCUT2D eigenvalue weighted by Crippen LogP contribution is 2.51. The van der Waals surface area contributed by atoms with Crippen LogP contribution in [0.2, 0.25) is 0 Å². The summed E-state index contributed by atoms with van der Waals surface area (Å²) in [6.45, 7) is 3.24. The number of methoxy groups -OCH3 is 1. The summed E-state index contributed by atoms with van der Waals surface area (Å²) in [6.07, 6.45) is 4.27. The summed E-state index contributed by atoms with van der Waals surface area (Å²) in [5.74, 6) is 0.828. The third kappa shape index (κ3) is 5.56. The third-order valence-electron chi connectivity index (χ3n) is 7.88. The fourth-order valence-electron chi connectivity index (χ4n) is 5.77. The normalized spacial score (nSPS) is 18.6. The van der Waals surface area contributed by atoms with Crippen LogP contribution in [0.4, 0.5) is 0 Å². The Hall–Kier alpha value is -4.56. The molecule has 0 radical (unpaired) electrons. The van der Waals surface area contributed by atoms with Gasteiger partial charge in [0.15, 0.2) is 0 Å². The SMILES string of the molecule is CN/C=C(\N)C1C[C@H]1c1c(C(=O)OC)cnn1-c1cccc(-c2cccc(CN3CCOc4ccccc4C3)c2)c1. The number of aromatic nitrogens is 2. The molecule has 2 aliphatic rings. The van der Waals surface area contributed by atoms with E-state index in [9.17, 15) is 4.79 Å². The minimum absolute atomic E-state index is 0.0888. The first-order valence-electron chi connectivity index (χ1n) is 14.0. The molecule has 0 spiro atoms. The van der Waals surface area contributed by atoms with Gasteiger partial charge in [0.25, 0.3) is 0 Å². The van der Waals surface area contributed by atoms with Crippen LogP contribution in [-0.4, -0.2) is 48.0 Å². The number of para-hydroxylation sites is 1. The molecule has 3 N–H and O–H groups in total. The molecule has 1 unspecified atom stereocenters. The zero-order valence-electron chi connectivity index (χ0n) is 23.4. The Morgan fingerprint density at radius 3 is 2.76 bits per heavy atom. The first kappa shape index (κ1) is 26.7. The molecule has 0 bridgehead atoms. The lowest BCUT2D eigenvalue weighted by Crippen LogP contribution is -2.25. The van der Waals surface area contributed by atoms with Crippen LogP contribution in [0.1, 0.15) is 39.5 Å². The molecule has 1 fully saturated rings. The van der Waals surface area contributed by atoms with Crippen LogP contribution < -0.4 is 15.8 Å². The highest BCUT2D eigenvalue weighted by molar-refractivity contribution is 5.91. The molecule has 1 aromatic heterocycles. The molecule has 0 amide bonds. The van der Waals surface area contributed by atoms with Crippen LogP contribution in [0, 0.1) is 5.92 Å². The number of rotatable bonds is 8. The Kier molecular flexibility index (Phi) is 7.48. The van der Waals surface area contributed by atoms with Crippen LogP contribution in [0.3, 0.4) is 0 Å². The summed E-state index contributed by atoms with van der Waals surface area (Å²) in [5.41, 5.74) is 13.9. The summed E-state index contributed by atoms with van der Waals surface area (Å²) in [4.78, 5) is 15.1. The number of hydrogen-bond donors (Lipinski definition) is 2. The Labute approximate surface area is 240 Å². The minimum atomic E-state index is -0.390. The average Bonchev–Trinajstić information content (AvgIpc) is 3.72. The van der Waals surface area contributed by atoms with Gasteiger partial charge in [0, 0.05) is 56.0 Å². The predicted molar refractivity (Wildman–Crippen MR) is 159 cm³/mol. The Balaban J connectivity index is 1.27. The Morgan fingerprint density at radius 1 is 1.12 bits per heavy atom. The maximum Gasteiger partial charge on any atom is 0.341 e. The number of nitrogens with one attached hydrogen (secondary N) is 1. The van der Waals surface area contributed by atoms with Crippen LogP contribution in [0.25, 0.3) is 16.8 Å². The second-order valence-electron chi connectivity index (χ2n) is 10.6. The summed E-state index contributed by atoms with van der Waals surface area (Å²) >= 11 is 0. The Bertz CT molecular complexity index is 1590. The van der Waals surface area contributed by atoms with Crippen molar-refractivity contribution in [2.75, 3.05) is 27.3 Å². The predicted octanol–water partition coefficient (Wildman–Crippen LogP) is 4.84. The van der Waals surface area contributed by atoms with E-state index in [2.05, 4.69) is 63.8 Å². The van der Waals surface area contributed by atoms with E-state index >= 15 is 0 Å². The molecule has 210 valence electrons. The van der Waals surface area contributed by atoms with E-state index in [0.717, 1.165) is 60.0 Å². The second-order valence-corrected chi connectivity index (χ2v) is 10.6. The summed E-state index contributed by atoms with van der Waals surface area (Å²) in [7, 11) is 3.23. The molecule has 6 rings (SSSR count). The number of nitrogens with two attached hydrogens (primary N) is 1. The highest BCUT2D eigenvalue weighted by Gasteiger charge is 2.45. The third-order valence-corrected chi connectivity index (χ3v) is 7.88. The highest BCUT2D eigenvalue weighted by atomic mass is 16.5. The lowest BCUT2D eigenvalue weighted by molar-refractivity contribution is 0.0599. The molecular formula is C33H35N5O3. The maximum absolute atomic E-state index is 12.6. The van der Waals surface area contributed by atoms with Crippen molar-refractivity contribution in [3.8, 4) is 22.6 Å². The van der Waals surface area contributed by atoms with Gasteiger partial charge in [-0.15, -0.1) is 0 Å². The number of allylic oxidation sites excluding steroid dienone is 1. The maximum atomic E-state index is 12.6. The molecule has 0 saturated heterocycles. The molecule has 8 heteroatoms. The molecule has 2 atom stereocenters. The van der Waals surface area contributed by atoms with Crippen molar-refractivity contribution >= 4 is 5.97 Å². The molecule has 8 nitrogen and oxygen atoms in total. The number of carbonyl (C=O) groups excluding carboxylic acids is 1.